The number of hydrogen-bond acceptors (Lipinski definition) is 3. The second kappa shape index (κ2) is 6.90. The van der Waals surface area contributed by atoms with Crippen molar-refractivity contribution in [2.45, 2.75) is 12.5 Å². The van der Waals surface area contributed by atoms with Gasteiger partial charge in [-0.2, -0.15) is 0 Å². The zero-order valence-electron chi connectivity index (χ0n) is 14.0. The molecule has 1 atom stereocenters. The predicted molar refractivity (Wildman–Crippen MR) is 102 cm³/mol. The Hall–Kier alpha value is -2.69. The van der Waals surface area contributed by atoms with E-state index in [4.69, 9.17) is 11.6 Å². The smallest absolute Gasteiger partial charge is 0.258 e. The summed E-state index contributed by atoms with van der Waals surface area (Å²) in [5.74, 6) is -0.0731. The van der Waals surface area contributed by atoms with Crippen molar-refractivity contribution < 1.29 is 9.90 Å². The van der Waals surface area contributed by atoms with Gasteiger partial charge in [-0.15, -0.1) is 0 Å². The second-order valence-corrected chi connectivity index (χ2v) is 6.73. The summed E-state index contributed by atoms with van der Waals surface area (Å²) in [6.07, 6.45) is 3.23. The molecule has 5 heteroatoms. The lowest BCUT2D eigenvalue weighted by Gasteiger charge is -2.29. The van der Waals surface area contributed by atoms with Crippen molar-refractivity contribution in [3.8, 4) is 0 Å². The van der Waals surface area contributed by atoms with E-state index in [0.29, 0.717) is 28.4 Å². The van der Waals surface area contributed by atoms with Crippen molar-refractivity contribution in [3.05, 3.63) is 94.3 Å². The average molecular weight is 365 g/mol. The zero-order chi connectivity index (χ0) is 18.1. The Kier molecular flexibility index (Phi) is 4.45. The molecule has 2 aromatic carbocycles. The molecule has 1 aliphatic rings. The van der Waals surface area contributed by atoms with Crippen molar-refractivity contribution in [1.82, 2.24) is 4.98 Å². The highest BCUT2D eigenvalue weighted by molar-refractivity contribution is 6.30. The SMILES string of the molecule is O=C1c2ccc(Cl)cc2CCN1c1cncc(C(O)c2ccccc2)c1. The van der Waals surface area contributed by atoms with E-state index in [9.17, 15) is 9.90 Å². The number of aromatic nitrogens is 1. The lowest BCUT2D eigenvalue weighted by Crippen LogP contribution is -2.37. The van der Waals surface area contributed by atoms with Gasteiger partial charge in [-0.3, -0.25) is 9.78 Å². The number of hydrogen-bond donors (Lipinski definition) is 1. The van der Waals surface area contributed by atoms with Gasteiger partial charge in [0.1, 0.15) is 6.10 Å². The van der Waals surface area contributed by atoms with E-state index in [0.717, 1.165) is 17.5 Å². The third-order valence-corrected chi connectivity index (χ3v) is 4.87. The number of pyridine rings is 1. The Morgan fingerprint density at radius 3 is 2.65 bits per heavy atom. The molecule has 3 aromatic rings. The summed E-state index contributed by atoms with van der Waals surface area (Å²) >= 11 is 6.03. The topological polar surface area (TPSA) is 53.4 Å². The largest absolute Gasteiger partial charge is 0.384 e. The van der Waals surface area contributed by atoms with E-state index in [1.165, 1.54) is 0 Å². The fourth-order valence-corrected chi connectivity index (χ4v) is 3.47. The van der Waals surface area contributed by atoms with Crippen LogP contribution < -0.4 is 4.90 Å². The minimum absolute atomic E-state index is 0.0731. The average Bonchev–Trinajstić information content (AvgIpc) is 2.68. The van der Waals surface area contributed by atoms with Crippen molar-refractivity contribution >= 4 is 23.2 Å². The Bertz CT molecular complexity index is 959. The summed E-state index contributed by atoms with van der Waals surface area (Å²) in [5.41, 5.74) is 3.75. The van der Waals surface area contributed by atoms with Gasteiger partial charge < -0.3 is 10.0 Å². The number of carbonyl (C=O) groups is 1. The highest BCUT2D eigenvalue weighted by Gasteiger charge is 2.26. The molecule has 1 aliphatic heterocycles. The quantitative estimate of drug-likeness (QED) is 0.763. The molecule has 1 unspecified atom stereocenters. The Morgan fingerprint density at radius 2 is 1.85 bits per heavy atom. The molecule has 1 N–H and O–H groups in total. The standard InChI is InChI=1S/C21H17ClN2O2/c22-17-6-7-19-15(10-17)8-9-24(21(19)26)18-11-16(12-23-13-18)20(25)14-4-2-1-3-5-14/h1-7,10-13,20,25H,8-9H2. The maximum Gasteiger partial charge on any atom is 0.258 e. The summed E-state index contributed by atoms with van der Waals surface area (Å²) in [5, 5.41) is 11.2. The van der Waals surface area contributed by atoms with Crippen molar-refractivity contribution in [1.29, 1.82) is 0 Å². The van der Waals surface area contributed by atoms with Crippen LogP contribution in [0.1, 0.15) is 33.2 Å². The summed E-state index contributed by atoms with van der Waals surface area (Å²) in [7, 11) is 0. The maximum atomic E-state index is 12.9. The Morgan fingerprint density at radius 1 is 1.04 bits per heavy atom. The summed E-state index contributed by atoms with van der Waals surface area (Å²) in [6.45, 7) is 0.554. The van der Waals surface area contributed by atoms with Gasteiger partial charge in [-0.25, -0.2) is 0 Å². The van der Waals surface area contributed by atoms with E-state index >= 15 is 0 Å². The Balaban J connectivity index is 1.65. The first kappa shape index (κ1) is 16.8. The molecule has 0 spiro atoms. The number of rotatable bonds is 3. The Labute approximate surface area is 156 Å². The molecule has 1 amide bonds. The molecule has 1 aromatic heterocycles. The van der Waals surface area contributed by atoms with Gasteiger partial charge in [0, 0.05) is 28.9 Å². The number of nitrogens with zero attached hydrogens (tertiary/aromatic N) is 2. The molecule has 4 rings (SSSR count). The molecular formula is C21H17ClN2O2. The third-order valence-electron chi connectivity index (χ3n) is 4.64. The van der Waals surface area contributed by atoms with E-state index in [-0.39, 0.29) is 5.91 Å². The van der Waals surface area contributed by atoms with Gasteiger partial charge in [0.05, 0.1) is 11.9 Å². The molecule has 0 fully saturated rings. The van der Waals surface area contributed by atoms with Gasteiger partial charge in [0.25, 0.3) is 5.91 Å². The second-order valence-electron chi connectivity index (χ2n) is 6.30. The van der Waals surface area contributed by atoms with Gasteiger partial charge in [0.2, 0.25) is 0 Å². The number of amides is 1. The number of halogens is 1. The molecular weight excluding hydrogens is 348 g/mol. The van der Waals surface area contributed by atoms with E-state index in [1.54, 1.807) is 29.4 Å². The van der Waals surface area contributed by atoms with Gasteiger partial charge >= 0.3 is 0 Å². The monoisotopic (exact) mass is 364 g/mol. The fraction of sp³-hybridized carbons (Fsp3) is 0.143. The minimum atomic E-state index is -0.783. The van der Waals surface area contributed by atoms with Crippen LogP contribution in [0, 0.1) is 0 Å². The van der Waals surface area contributed by atoms with Crippen LogP contribution in [0.2, 0.25) is 5.02 Å². The van der Waals surface area contributed by atoms with Crippen molar-refractivity contribution in [2.24, 2.45) is 0 Å². The maximum absolute atomic E-state index is 12.9. The molecule has 0 radical (unpaired) electrons. The summed E-state index contributed by atoms with van der Waals surface area (Å²) in [6, 6.07) is 16.6. The molecule has 0 aliphatic carbocycles. The molecule has 130 valence electrons. The first-order valence-corrected chi connectivity index (χ1v) is 8.79. The van der Waals surface area contributed by atoms with Crippen LogP contribution in [0.3, 0.4) is 0 Å². The number of fused-ring (bicyclic) bond motifs is 1. The molecule has 0 saturated carbocycles. The molecule has 2 heterocycles. The summed E-state index contributed by atoms with van der Waals surface area (Å²) < 4.78 is 0. The number of benzene rings is 2. The van der Waals surface area contributed by atoms with E-state index in [1.807, 2.05) is 42.5 Å². The van der Waals surface area contributed by atoms with E-state index in [2.05, 4.69) is 4.98 Å². The lowest BCUT2D eigenvalue weighted by atomic mass is 9.98. The number of aliphatic hydroxyl groups excluding tert-OH is 1. The normalized spacial score (nSPS) is 14.8. The lowest BCUT2D eigenvalue weighted by molar-refractivity contribution is 0.0980. The first-order chi connectivity index (χ1) is 12.6. The van der Waals surface area contributed by atoms with Gasteiger partial charge in [0.15, 0.2) is 0 Å². The van der Waals surface area contributed by atoms with Crippen molar-refractivity contribution in [3.63, 3.8) is 0 Å². The van der Waals surface area contributed by atoms with Crippen LogP contribution in [0.4, 0.5) is 5.69 Å². The van der Waals surface area contributed by atoms with Crippen LogP contribution in [0.5, 0.6) is 0 Å². The summed E-state index contributed by atoms with van der Waals surface area (Å²) in [4.78, 5) is 18.8. The van der Waals surface area contributed by atoms with Crippen LogP contribution >= 0.6 is 11.6 Å². The molecule has 0 bridgehead atoms. The minimum Gasteiger partial charge on any atom is -0.384 e. The van der Waals surface area contributed by atoms with Crippen LogP contribution in [-0.4, -0.2) is 22.5 Å². The molecule has 0 saturated heterocycles. The number of aliphatic hydroxyl groups is 1. The van der Waals surface area contributed by atoms with Gasteiger partial charge in [-0.1, -0.05) is 41.9 Å². The fourth-order valence-electron chi connectivity index (χ4n) is 3.27. The number of anilines is 1. The predicted octanol–water partition coefficient (Wildman–Crippen LogP) is 4.02. The van der Waals surface area contributed by atoms with Crippen LogP contribution in [0.15, 0.2) is 67.0 Å². The number of carbonyl (C=O) groups excluding carboxylic acids is 1. The van der Waals surface area contributed by atoms with E-state index < -0.39 is 6.10 Å². The van der Waals surface area contributed by atoms with Crippen LogP contribution in [0.25, 0.3) is 0 Å². The highest BCUT2D eigenvalue weighted by atomic mass is 35.5. The first-order valence-electron chi connectivity index (χ1n) is 8.42. The zero-order valence-corrected chi connectivity index (χ0v) is 14.7. The van der Waals surface area contributed by atoms with Gasteiger partial charge in [-0.05, 0) is 41.8 Å². The van der Waals surface area contributed by atoms with Crippen molar-refractivity contribution in [2.75, 3.05) is 11.4 Å². The molecule has 26 heavy (non-hydrogen) atoms. The third kappa shape index (κ3) is 3.09. The van der Waals surface area contributed by atoms with Crippen LogP contribution in [-0.2, 0) is 6.42 Å². The highest BCUT2D eigenvalue weighted by Crippen LogP contribution is 2.29. The molecule has 4 nitrogen and oxygen atoms in total.